The molecule has 0 atom stereocenters. The molecular weight excluding hydrogens is 251 g/mol. The molecule has 0 spiro atoms. The molecule has 94 valence electrons. The molecular formula is C13H13O4P. The summed E-state index contributed by atoms with van der Waals surface area (Å²) in [5, 5.41) is -0.0485. The predicted octanol–water partition coefficient (Wildman–Crippen LogP) is 2.59. The number of benzene rings is 2. The molecule has 0 fully saturated rings. The molecule has 2 N–H and O–H groups in total. The average molecular weight is 264 g/mol. The highest BCUT2D eigenvalue weighted by atomic mass is 31.2. The lowest BCUT2D eigenvalue weighted by Gasteiger charge is -2.09. The van der Waals surface area contributed by atoms with Crippen molar-refractivity contribution in [3.63, 3.8) is 0 Å². The fraction of sp³-hybridized carbons (Fsp3) is 0.0769. The fourth-order valence-electron chi connectivity index (χ4n) is 1.54. The molecule has 0 aliphatic heterocycles. The average Bonchev–Trinajstić information content (AvgIpc) is 2.28. The molecule has 0 unspecified atom stereocenters. The topological polar surface area (TPSA) is 66.8 Å². The summed E-state index contributed by atoms with van der Waals surface area (Å²) in [6.07, 6.45) is 0. The Labute approximate surface area is 105 Å². The third-order valence-electron chi connectivity index (χ3n) is 2.38. The first kappa shape index (κ1) is 12.8. The standard InChI is InChI=1S/C13H13O4P/c1-10-4-2-5-11(8-10)17-12-6-3-7-13(9-12)18(14,15)16/h2-9H,1H3,(H2,14,15,16). The van der Waals surface area contributed by atoms with Gasteiger partial charge < -0.3 is 14.5 Å². The van der Waals surface area contributed by atoms with Crippen LogP contribution in [-0.2, 0) is 4.57 Å². The van der Waals surface area contributed by atoms with Gasteiger partial charge in [0, 0.05) is 0 Å². The van der Waals surface area contributed by atoms with Gasteiger partial charge in [-0.15, -0.1) is 0 Å². The predicted molar refractivity (Wildman–Crippen MR) is 69.4 cm³/mol. The van der Waals surface area contributed by atoms with Crippen molar-refractivity contribution in [1.29, 1.82) is 0 Å². The second kappa shape index (κ2) is 4.94. The lowest BCUT2D eigenvalue weighted by Crippen LogP contribution is -2.03. The molecule has 0 bridgehead atoms. The van der Waals surface area contributed by atoms with E-state index in [2.05, 4.69) is 0 Å². The van der Waals surface area contributed by atoms with Crippen molar-refractivity contribution in [2.75, 3.05) is 0 Å². The van der Waals surface area contributed by atoms with E-state index in [-0.39, 0.29) is 5.30 Å². The van der Waals surface area contributed by atoms with E-state index in [0.717, 1.165) is 5.56 Å². The third kappa shape index (κ3) is 3.20. The molecule has 2 aromatic rings. The van der Waals surface area contributed by atoms with E-state index in [1.165, 1.54) is 12.1 Å². The van der Waals surface area contributed by atoms with Crippen LogP contribution in [0.25, 0.3) is 0 Å². The maximum absolute atomic E-state index is 11.1. The second-order valence-electron chi connectivity index (χ2n) is 3.96. The van der Waals surface area contributed by atoms with Crippen LogP contribution in [0.15, 0.2) is 48.5 Å². The van der Waals surface area contributed by atoms with E-state index in [4.69, 9.17) is 14.5 Å². The van der Waals surface area contributed by atoms with Gasteiger partial charge in [-0.1, -0.05) is 18.2 Å². The zero-order valence-electron chi connectivity index (χ0n) is 9.78. The lowest BCUT2D eigenvalue weighted by atomic mass is 10.2. The molecule has 0 aliphatic carbocycles. The number of ether oxygens (including phenoxy) is 1. The quantitative estimate of drug-likeness (QED) is 0.836. The zero-order valence-corrected chi connectivity index (χ0v) is 10.7. The Kier molecular flexibility index (Phi) is 3.53. The van der Waals surface area contributed by atoms with Crippen molar-refractivity contribution >= 4 is 12.9 Å². The van der Waals surface area contributed by atoms with E-state index in [9.17, 15) is 4.57 Å². The summed E-state index contributed by atoms with van der Waals surface area (Å²) >= 11 is 0. The first-order valence-corrected chi connectivity index (χ1v) is 6.97. The first-order valence-electron chi connectivity index (χ1n) is 5.36. The van der Waals surface area contributed by atoms with Crippen LogP contribution in [-0.4, -0.2) is 9.79 Å². The number of rotatable bonds is 3. The number of hydrogen-bond donors (Lipinski definition) is 2. The van der Waals surface area contributed by atoms with Crippen molar-refractivity contribution in [3.05, 3.63) is 54.1 Å². The van der Waals surface area contributed by atoms with Crippen LogP contribution in [0.2, 0.25) is 0 Å². The van der Waals surface area contributed by atoms with Gasteiger partial charge in [-0.25, -0.2) is 0 Å². The van der Waals surface area contributed by atoms with Crippen molar-refractivity contribution in [1.82, 2.24) is 0 Å². The summed E-state index contributed by atoms with van der Waals surface area (Å²) in [7, 11) is -4.24. The van der Waals surface area contributed by atoms with Gasteiger partial charge in [-0.2, -0.15) is 0 Å². The molecule has 0 radical (unpaired) electrons. The number of aryl methyl sites for hydroxylation is 1. The maximum Gasteiger partial charge on any atom is 0.356 e. The van der Waals surface area contributed by atoms with E-state index < -0.39 is 7.60 Å². The Balaban J connectivity index is 2.28. The van der Waals surface area contributed by atoms with Crippen molar-refractivity contribution < 1.29 is 19.1 Å². The Morgan fingerprint density at radius 3 is 2.22 bits per heavy atom. The van der Waals surface area contributed by atoms with Gasteiger partial charge >= 0.3 is 7.60 Å². The molecule has 2 aromatic carbocycles. The largest absolute Gasteiger partial charge is 0.457 e. The van der Waals surface area contributed by atoms with Gasteiger partial charge in [0.05, 0.1) is 5.30 Å². The van der Waals surface area contributed by atoms with Crippen molar-refractivity contribution in [2.45, 2.75) is 6.92 Å². The van der Waals surface area contributed by atoms with Gasteiger partial charge in [-0.05, 0) is 42.8 Å². The van der Waals surface area contributed by atoms with Crippen LogP contribution in [0.1, 0.15) is 5.56 Å². The van der Waals surface area contributed by atoms with E-state index >= 15 is 0 Å². The summed E-state index contributed by atoms with van der Waals surface area (Å²) in [6.45, 7) is 1.94. The Morgan fingerprint density at radius 2 is 1.61 bits per heavy atom. The van der Waals surface area contributed by atoms with E-state index in [0.29, 0.717) is 11.5 Å². The lowest BCUT2D eigenvalue weighted by molar-refractivity contribution is 0.387. The molecule has 4 nitrogen and oxygen atoms in total. The fourth-order valence-corrected chi connectivity index (χ4v) is 2.12. The van der Waals surface area contributed by atoms with Crippen molar-refractivity contribution in [3.8, 4) is 11.5 Å². The summed E-state index contributed by atoms with van der Waals surface area (Å²) < 4.78 is 16.7. The monoisotopic (exact) mass is 264 g/mol. The van der Waals surface area contributed by atoms with Crippen LogP contribution in [0, 0.1) is 6.92 Å². The van der Waals surface area contributed by atoms with Gasteiger partial charge in [-0.3, -0.25) is 4.57 Å². The summed E-state index contributed by atoms with van der Waals surface area (Å²) in [6, 6.07) is 13.4. The highest BCUT2D eigenvalue weighted by molar-refractivity contribution is 7.60. The smallest absolute Gasteiger partial charge is 0.356 e. The SMILES string of the molecule is Cc1cccc(Oc2cccc(P(=O)(O)O)c2)c1. The maximum atomic E-state index is 11.1. The Hall–Kier alpha value is -1.61. The van der Waals surface area contributed by atoms with Crippen molar-refractivity contribution in [2.24, 2.45) is 0 Å². The van der Waals surface area contributed by atoms with Gasteiger partial charge in [0.1, 0.15) is 11.5 Å². The third-order valence-corrected chi connectivity index (χ3v) is 3.33. The van der Waals surface area contributed by atoms with Gasteiger partial charge in [0.25, 0.3) is 0 Å². The molecule has 0 amide bonds. The highest BCUT2D eigenvalue weighted by Gasteiger charge is 2.17. The molecule has 0 aromatic heterocycles. The zero-order chi connectivity index (χ0) is 13.2. The van der Waals surface area contributed by atoms with Crippen LogP contribution in [0.3, 0.4) is 0 Å². The summed E-state index contributed by atoms with van der Waals surface area (Å²) in [5.74, 6) is 1.04. The molecule has 0 heterocycles. The minimum atomic E-state index is -4.24. The highest BCUT2D eigenvalue weighted by Crippen LogP contribution is 2.34. The van der Waals surface area contributed by atoms with Gasteiger partial charge in [0.15, 0.2) is 0 Å². The first-order chi connectivity index (χ1) is 8.45. The van der Waals surface area contributed by atoms with E-state index in [1.54, 1.807) is 18.2 Å². The second-order valence-corrected chi connectivity index (χ2v) is 5.56. The molecule has 18 heavy (non-hydrogen) atoms. The summed E-state index contributed by atoms with van der Waals surface area (Å²) in [5.41, 5.74) is 1.05. The minimum Gasteiger partial charge on any atom is -0.457 e. The van der Waals surface area contributed by atoms with E-state index in [1.807, 2.05) is 25.1 Å². The molecule has 2 rings (SSSR count). The molecule has 0 aliphatic rings. The van der Waals surface area contributed by atoms with Crippen LogP contribution in [0.5, 0.6) is 11.5 Å². The summed E-state index contributed by atoms with van der Waals surface area (Å²) in [4.78, 5) is 18.2. The van der Waals surface area contributed by atoms with Crippen LogP contribution >= 0.6 is 7.60 Å². The van der Waals surface area contributed by atoms with Crippen LogP contribution < -0.4 is 10.0 Å². The Morgan fingerprint density at radius 1 is 1.00 bits per heavy atom. The van der Waals surface area contributed by atoms with Crippen LogP contribution in [0.4, 0.5) is 0 Å². The molecule has 0 saturated carbocycles. The molecule has 0 saturated heterocycles. The minimum absolute atomic E-state index is 0.0485. The Bertz CT molecular complexity index is 603. The number of hydrogen-bond acceptors (Lipinski definition) is 2. The van der Waals surface area contributed by atoms with Gasteiger partial charge in [0.2, 0.25) is 0 Å². The normalized spacial score (nSPS) is 11.3. The molecule has 5 heteroatoms.